The highest BCUT2D eigenvalue weighted by molar-refractivity contribution is 6.01. The number of carboxylic acid groups (broad SMARTS) is 2. The highest BCUT2D eigenvalue weighted by Gasteiger charge is 2.12. The van der Waals surface area contributed by atoms with E-state index in [1.165, 1.54) is 11.6 Å². The summed E-state index contributed by atoms with van der Waals surface area (Å²) in [7, 11) is 0. The molecule has 0 aliphatic rings. The Kier molecular flexibility index (Phi) is 8.94. The zero-order valence-corrected chi connectivity index (χ0v) is 19.6. The zero-order chi connectivity index (χ0) is 25.9. The Morgan fingerprint density at radius 3 is 1.72 bits per heavy atom. The van der Waals surface area contributed by atoms with Crippen molar-refractivity contribution in [2.75, 3.05) is 10.6 Å². The lowest BCUT2D eigenvalue weighted by atomic mass is 10.1. The number of rotatable bonds is 7. The molecule has 4 aromatic rings. The van der Waals surface area contributed by atoms with Crippen LogP contribution in [0.25, 0.3) is 0 Å². The number of nitrogens with one attached hydrogen (secondary N) is 2. The topological polar surface area (TPSA) is 116 Å². The molecule has 0 saturated carbocycles. The third-order valence-electron chi connectivity index (χ3n) is 5.13. The van der Waals surface area contributed by atoms with Gasteiger partial charge >= 0.3 is 11.9 Å². The van der Waals surface area contributed by atoms with Gasteiger partial charge in [-0.1, -0.05) is 72.3 Å². The van der Waals surface area contributed by atoms with Crippen LogP contribution in [0.1, 0.15) is 31.8 Å². The summed E-state index contributed by atoms with van der Waals surface area (Å²) in [6.45, 7) is 2.01. The second kappa shape index (κ2) is 12.5. The zero-order valence-electron chi connectivity index (χ0n) is 19.6. The lowest BCUT2D eigenvalue weighted by molar-refractivity contribution is -0.115. The van der Waals surface area contributed by atoms with Gasteiger partial charge in [0.1, 0.15) is 0 Å². The Morgan fingerprint density at radius 2 is 1.14 bits per heavy atom. The molecule has 0 aliphatic heterocycles. The van der Waals surface area contributed by atoms with Gasteiger partial charge in [-0.3, -0.25) is 4.79 Å². The number of aryl methyl sites for hydroxylation is 1. The fourth-order valence-electron chi connectivity index (χ4n) is 3.33. The Balaban J connectivity index is 0.000000202. The van der Waals surface area contributed by atoms with E-state index in [1.54, 1.807) is 36.4 Å². The Labute approximate surface area is 209 Å². The van der Waals surface area contributed by atoms with E-state index < -0.39 is 11.9 Å². The van der Waals surface area contributed by atoms with E-state index in [1.807, 2.05) is 67.6 Å². The first-order valence-corrected chi connectivity index (χ1v) is 11.2. The summed E-state index contributed by atoms with van der Waals surface area (Å²) in [5, 5.41) is 23.8. The normalized spacial score (nSPS) is 9.92. The number of anilines is 3. The van der Waals surface area contributed by atoms with Crippen molar-refractivity contribution in [2.45, 2.75) is 13.3 Å². The van der Waals surface area contributed by atoms with E-state index in [2.05, 4.69) is 10.6 Å². The average molecular weight is 483 g/mol. The minimum Gasteiger partial charge on any atom is -0.478 e. The highest BCUT2D eigenvalue weighted by Crippen LogP contribution is 2.21. The number of carboxylic acids is 2. The number of carbonyl (C=O) groups excluding carboxylic acids is 1. The van der Waals surface area contributed by atoms with Gasteiger partial charge in [-0.15, -0.1) is 0 Å². The van der Waals surface area contributed by atoms with E-state index >= 15 is 0 Å². The summed E-state index contributed by atoms with van der Waals surface area (Å²) < 4.78 is 0. The number of amides is 1. The molecule has 4 rings (SSSR count). The van der Waals surface area contributed by atoms with E-state index in [4.69, 9.17) is 10.2 Å². The quantitative estimate of drug-likeness (QED) is 0.257. The largest absolute Gasteiger partial charge is 0.478 e. The van der Waals surface area contributed by atoms with Crippen LogP contribution in [-0.2, 0) is 11.2 Å². The molecule has 0 fully saturated rings. The molecule has 0 spiro atoms. The van der Waals surface area contributed by atoms with Gasteiger partial charge in [-0.2, -0.15) is 0 Å². The average Bonchev–Trinajstić information content (AvgIpc) is 2.87. The van der Waals surface area contributed by atoms with Crippen molar-refractivity contribution in [1.82, 2.24) is 0 Å². The van der Waals surface area contributed by atoms with Crippen molar-refractivity contribution in [1.29, 1.82) is 0 Å². The first-order valence-electron chi connectivity index (χ1n) is 11.2. The van der Waals surface area contributed by atoms with Crippen molar-refractivity contribution in [2.24, 2.45) is 0 Å². The summed E-state index contributed by atoms with van der Waals surface area (Å²) in [6.07, 6.45) is 0.217. The molecule has 4 aromatic carbocycles. The van der Waals surface area contributed by atoms with Crippen LogP contribution in [0.5, 0.6) is 0 Å². The predicted molar refractivity (Wildman–Crippen MR) is 140 cm³/mol. The van der Waals surface area contributed by atoms with Gasteiger partial charge in [0.05, 0.1) is 28.9 Å². The van der Waals surface area contributed by atoms with Gasteiger partial charge in [0, 0.05) is 5.69 Å². The van der Waals surface area contributed by atoms with Crippen molar-refractivity contribution in [3.8, 4) is 0 Å². The summed E-state index contributed by atoms with van der Waals surface area (Å²) >= 11 is 0. The van der Waals surface area contributed by atoms with Crippen LogP contribution in [-0.4, -0.2) is 28.1 Å². The molecule has 182 valence electrons. The Morgan fingerprint density at radius 1 is 0.639 bits per heavy atom. The number of para-hydroxylation sites is 2. The summed E-state index contributed by atoms with van der Waals surface area (Å²) in [4.78, 5) is 33.9. The fraction of sp³-hybridized carbons (Fsp3) is 0.0690. The van der Waals surface area contributed by atoms with Crippen molar-refractivity contribution < 1.29 is 24.6 Å². The maximum Gasteiger partial charge on any atom is 0.337 e. The molecule has 0 atom stereocenters. The van der Waals surface area contributed by atoms with E-state index in [0.717, 1.165) is 11.3 Å². The van der Waals surface area contributed by atoms with Crippen LogP contribution in [0.15, 0.2) is 103 Å². The second-order valence-electron chi connectivity index (χ2n) is 7.90. The smallest absolute Gasteiger partial charge is 0.337 e. The number of benzene rings is 4. The standard InChI is InChI=1S/C15H13NO3.C14H13NO2/c17-14(10-11-6-2-1-3-7-11)16-13-9-5-4-8-12(13)15(18)19;1-10-6-8-11(9-7-10)15-13-5-3-2-4-12(13)14(16)17/h1-9H,10H2,(H,16,17)(H,18,19);2-9,15H,1H3,(H,16,17). The Hall–Kier alpha value is -4.91. The molecule has 0 bridgehead atoms. The van der Waals surface area contributed by atoms with Gasteiger partial charge in [0.2, 0.25) is 5.91 Å². The maximum absolute atomic E-state index is 11.9. The predicted octanol–water partition coefficient (Wildman–Crippen LogP) is 6.00. The Bertz CT molecular complexity index is 1340. The van der Waals surface area contributed by atoms with Crippen LogP contribution in [0.4, 0.5) is 17.1 Å². The van der Waals surface area contributed by atoms with Gasteiger partial charge in [-0.05, 0) is 48.9 Å². The molecule has 0 heterocycles. The van der Waals surface area contributed by atoms with Gasteiger partial charge in [-0.25, -0.2) is 9.59 Å². The third kappa shape index (κ3) is 7.56. The number of hydrogen-bond donors (Lipinski definition) is 4. The molecule has 7 heteroatoms. The van der Waals surface area contributed by atoms with Crippen molar-refractivity contribution in [3.05, 3.63) is 125 Å². The van der Waals surface area contributed by atoms with Crippen LogP contribution < -0.4 is 10.6 Å². The SMILES string of the molecule is Cc1ccc(Nc2ccccc2C(=O)O)cc1.O=C(Cc1ccccc1)Nc1ccccc1C(=O)O. The van der Waals surface area contributed by atoms with Crippen molar-refractivity contribution >= 4 is 34.9 Å². The van der Waals surface area contributed by atoms with E-state index in [9.17, 15) is 14.4 Å². The number of carbonyl (C=O) groups is 3. The molecule has 7 nitrogen and oxygen atoms in total. The molecular formula is C29H26N2O5. The van der Waals surface area contributed by atoms with Crippen LogP contribution in [0, 0.1) is 6.92 Å². The monoisotopic (exact) mass is 482 g/mol. The van der Waals surface area contributed by atoms with Crippen molar-refractivity contribution in [3.63, 3.8) is 0 Å². The molecular weight excluding hydrogens is 456 g/mol. The minimum absolute atomic E-state index is 0.0870. The van der Waals surface area contributed by atoms with Gasteiger partial charge < -0.3 is 20.8 Å². The molecule has 0 aliphatic carbocycles. The molecule has 0 unspecified atom stereocenters. The van der Waals surface area contributed by atoms with E-state index in [-0.39, 0.29) is 23.5 Å². The molecule has 1 amide bonds. The summed E-state index contributed by atoms with van der Waals surface area (Å²) in [6, 6.07) is 30.3. The third-order valence-corrected chi connectivity index (χ3v) is 5.13. The molecule has 0 aromatic heterocycles. The number of hydrogen-bond acceptors (Lipinski definition) is 4. The summed E-state index contributed by atoms with van der Waals surface area (Å²) in [5.74, 6) is -2.23. The highest BCUT2D eigenvalue weighted by atomic mass is 16.4. The molecule has 4 N–H and O–H groups in total. The van der Waals surface area contributed by atoms with Gasteiger partial charge in [0.25, 0.3) is 0 Å². The molecule has 0 radical (unpaired) electrons. The summed E-state index contributed by atoms with van der Waals surface area (Å²) in [5.41, 5.74) is 4.20. The lowest BCUT2D eigenvalue weighted by Gasteiger charge is -2.09. The first kappa shape index (κ1) is 25.7. The second-order valence-corrected chi connectivity index (χ2v) is 7.90. The maximum atomic E-state index is 11.9. The van der Waals surface area contributed by atoms with E-state index in [0.29, 0.717) is 11.4 Å². The number of aromatic carboxylic acids is 2. The molecule has 36 heavy (non-hydrogen) atoms. The first-order chi connectivity index (χ1) is 17.3. The molecule has 0 saturated heterocycles. The van der Waals surface area contributed by atoms with Crippen LogP contribution in [0.3, 0.4) is 0 Å². The lowest BCUT2D eigenvalue weighted by Crippen LogP contribution is -2.16. The fourth-order valence-corrected chi connectivity index (χ4v) is 3.33. The van der Waals surface area contributed by atoms with Gasteiger partial charge in [0.15, 0.2) is 0 Å². The van der Waals surface area contributed by atoms with Crippen LogP contribution in [0.2, 0.25) is 0 Å². The minimum atomic E-state index is -1.06. The van der Waals surface area contributed by atoms with Crippen LogP contribution >= 0.6 is 0 Å².